The Balaban J connectivity index is 1.88. The predicted molar refractivity (Wildman–Crippen MR) is 111 cm³/mol. The Morgan fingerprint density at radius 2 is 1.38 bits per heavy atom. The van der Waals surface area contributed by atoms with Gasteiger partial charge >= 0.3 is 0 Å². The van der Waals surface area contributed by atoms with Crippen LogP contribution in [0.2, 0.25) is 0 Å². The molecule has 0 unspecified atom stereocenters. The Morgan fingerprint density at radius 1 is 0.724 bits per heavy atom. The Kier molecular flexibility index (Phi) is 5.03. The quantitative estimate of drug-likeness (QED) is 0.601. The van der Waals surface area contributed by atoms with Gasteiger partial charge in [-0.05, 0) is 56.7 Å². The van der Waals surface area contributed by atoms with Crippen molar-refractivity contribution in [2.24, 2.45) is 11.8 Å². The standard InChI is InChI=1S/C25H24O4/c1-14(26)19-12-11-18(13-22(19)24(28)17-9-10-17)21-8-4-7-20(15(2)27)23(21)25(29)16-5-3-6-16/h4,7-8,11-13,16-17H,3,5-6,9-10H2,1-2H3. The zero-order chi connectivity index (χ0) is 20.7. The lowest BCUT2D eigenvalue weighted by Gasteiger charge is -2.26. The van der Waals surface area contributed by atoms with Crippen LogP contribution in [0.4, 0.5) is 0 Å². The van der Waals surface area contributed by atoms with Gasteiger partial charge < -0.3 is 0 Å². The lowest BCUT2D eigenvalue weighted by Crippen LogP contribution is -2.24. The maximum Gasteiger partial charge on any atom is 0.167 e. The molecule has 2 aliphatic rings. The van der Waals surface area contributed by atoms with Crippen LogP contribution < -0.4 is 0 Å². The zero-order valence-corrected chi connectivity index (χ0v) is 16.8. The molecule has 148 valence electrons. The van der Waals surface area contributed by atoms with E-state index in [2.05, 4.69) is 0 Å². The molecule has 4 heteroatoms. The van der Waals surface area contributed by atoms with Crippen LogP contribution in [0.1, 0.15) is 87.4 Å². The van der Waals surface area contributed by atoms with Crippen LogP contribution in [0.5, 0.6) is 0 Å². The summed E-state index contributed by atoms with van der Waals surface area (Å²) in [7, 11) is 0. The van der Waals surface area contributed by atoms with E-state index in [4.69, 9.17) is 0 Å². The summed E-state index contributed by atoms with van der Waals surface area (Å²) in [5.74, 6) is -0.358. The predicted octanol–water partition coefficient (Wildman–Crippen LogP) is 5.33. The molecule has 0 spiro atoms. The molecule has 0 heterocycles. The topological polar surface area (TPSA) is 68.3 Å². The molecule has 0 bridgehead atoms. The fraction of sp³-hybridized carbons (Fsp3) is 0.360. The number of carbonyl (C=O) groups is 4. The summed E-state index contributed by atoms with van der Waals surface area (Å²) in [6, 6.07) is 10.5. The van der Waals surface area contributed by atoms with Crippen molar-refractivity contribution in [3.05, 3.63) is 58.7 Å². The molecule has 0 radical (unpaired) electrons. The minimum Gasteiger partial charge on any atom is -0.294 e. The van der Waals surface area contributed by atoms with Gasteiger partial charge in [0.05, 0.1) is 0 Å². The lowest BCUT2D eigenvalue weighted by atomic mass is 9.76. The SMILES string of the molecule is CC(=O)c1ccc(-c2cccc(C(C)=O)c2C(=O)C2CCC2)cc1C(=O)C1CC1. The highest BCUT2D eigenvalue weighted by Crippen LogP contribution is 2.38. The Morgan fingerprint density at radius 3 is 1.93 bits per heavy atom. The van der Waals surface area contributed by atoms with Gasteiger partial charge in [-0.15, -0.1) is 0 Å². The molecule has 0 amide bonds. The Labute approximate surface area is 170 Å². The van der Waals surface area contributed by atoms with Crippen molar-refractivity contribution in [3.8, 4) is 11.1 Å². The Bertz CT molecular complexity index is 1040. The van der Waals surface area contributed by atoms with Crippen LogP contribution >= 0.6 is 0 Å². The molecule has 4 rings (SSSR count). The Hall–Kier alpha value is -2.88. The normalized spacial score (nSPS) is 16.2. The van der Waals surface area contributed by atoms with E-state index in [1.807, 2.05) is 6.07 Å². The number of Topliss-reactive ketones (excluding diaryl/α,β-unsaturated/α-hetero) is 4. The second-order valence-corrected chi connectivity index (χ2v) is 8.23. The lowest BCUT2D eigenvalue weighted by molar-refractivity contribution is 0.0848. The molecule has 4 nitrogen and oxygen atoms in total. The third kappa shape index (κ3) is 3.59. The van der Waals surface area contributed by atoms with Crippen molar-refractivity contribution in [2.75, 3.05) is 0 Å². The minimum absolute atomic E-state index is 0.00256. The van der Waals surface area contributed by atoms with Crippen molar-refractivity contribution in [1.29, 1.82) is 0 Å². The third-order valence-corrected chi connectivity index (χ3v) is 6.09. The first-order valence-electron chi connectivity index (χ1n) is 10.3. The molecule has 0 atom stereocenters. The largest absolute Gasteiger partial charge is 0.294 e. The average molecular weight is 388 g/mol. The molecule has 29 heavy (non-hydrogen) atoms. The molecule has 2 saturated carbocycles. The van der Waals surface area contributed by atoms with E-state index in [0.29, 0.717) is 33.4 Å². The van der Waals surface area contributed by atoms with Gasteiger partial charge in [0.25, 0.3) is 0 Å². The first-order chi connectivity index (χ1) is 13.9. The highest BCUT2D eigenvalue weighted by atomic mass is 16.1. The van der Waals surface area contributed by atoms with E-state index >= 15 is 0 Å². The van der Waals surface area contributed by atoms with Gasteiger partial charge in [0.1, 0.15) is 0 Å². The molecule has 2 aromatic carbocycles. The molecule has 2 fully saturated rings. The summed E-state index contributed by atoms with van der Waals surface area (Å²) in [5.41, 5.74) is 3.07. The average Bonchev–Trinajstić information content (AvgIpc) is 3.50. The molecule has 2 aliphatic carbocycles. The maximum absolute atomic E-state index is 13.2. The van der Waals surface area contributed by atoms with Crippen LogP contribution in [0.15, 0.2) is 36.4 Å². The molecule has 0 N–H and O–H groups in total. The number of carbonyl (C=O) groups excluding carboxylic acids is 4. The van der Waals surface area contributed by atoms with E-state index in [9.17, 15) is 19.2 Å². The summed E-state index contributed by atoms with van der Waals surface area (Å²) < 4.78 is 0. The van der Waals surface area contributed by atoms with Crippen molar-refractivity contribution < 1.29 is 19.2 Å². The molecule has 0 saturated heterocycles. The van der Waals surface area contributed by atoms with Crippen LogP contribution in [-0.4, -0.2) is 23.1 Å². The van der Waals surface area contributed by atoms with Crippen LogP contribution in [0.3, 0.4) is 0 Å². The van der Waals surface area contributed by atoms with Crippen molar-refractivity contribution in [2.45, 2.75) is 46.0 Å². The van der Waals surface area contributed by atoms with Crippen molar-refractivity contribution >= 4 is 23.1 Å². The smallest absolute Gasteiger partial charge is 0.167 e. The minimum atomic E-state index is -0.149. The molecular weight excluding hydrogens is 364 g/mol. The van der Waals surface area contributed by atoms with Gasteiger partial charge in [-0.2, -0.15) is 0 Å². The summed E-state index contributed by atoms with van der Waals surface area (Å²) in [5, 5.41) is 0. The van der Waals surface area contributed by atoms with E-state index in [0.717, 1.165) is 32.1 Å². The van der Waals surface area contributed by atoms with E-state index < -0.39 is 0 Å². The fourth-order valence-corrected chi connectivity index (χ4v) is 4.01. The van der Waals surface area contributed by atoms with Gasteiger partial charge in [0.15, 0.2) is 23.1 Å². The second-order valence-electron chi connectivity index (χ2n) is 8.23. The summed E-state index contributed by atoms with van der Waals surface area (Å²) in [6.07, 6.45) is 4.43. The number of hydrogen-bond donors (Lipinski definition) is 0. The number of hydrogen-bond acceptors (Lipinski definition) is 4. The van der Waals surface area contributed by atoms with Gasteiger partial charge in [-0.3, -0.25) is 19.2 Å². The fourth-order valence-electron chi connectivity index (χ4n) is 4.01. The first kappa shape index (κ1) is 19.4. The van der Waals surface area contributed by atoms with Gasteiger partial charge in [0.2, 0.25) is 0 Å². The third-order valence-electron chi connectivity index (χ3n) is 6.09. The van der Waals surface area contributed by atoms with Crippen LogP contribution in [0, 0.1) is 11.8 Å². The monoisotopic (exact) mass is 388 g/mol. The number of benzene rings is 2. The van der Waals surface area contributed by atoms with E-state index in [-0.39, 0.29) is 35.0 Å². The molecule has 2 aromatic rings. The summed E-state index contributed by atoms with van der Waals surface area (Å²) >= 11 is 0. The molecule has 0 aliphatic heterocycles. The number of rotatable bonds is 7. The summed E-state index contributed by atoms with van der Waals surface area (Å²) in [4.78, 5) is 50.3. The first-order valence-corrected chi connectivity index (χ1v) is 10.3. The summed E-state index contributed by atoms with van der Waals surface area (Å²) in [6.45, 7) is 2.93. The van der Waals surface area contributed by atoms with E-state index in [1.54, 1.807) is 30.3 Å². The maximum atomic E-state index is 13.2. The highest BCUT2D eigenvalue weighted by Gasteiger charge is 2.33. The van der Waals surface area contributed by atoms with Crippen LogP contribution in [-0.2, 0) is 0 Å². The van der Waals surface area contributed by atoms with Gasteiger partial charge in [0, 0.05) is 34.1 Å². The van der Waals surface area contributed by atoms with Crippen LogP contribution in [0.25, 0.3) is 11.1 Å². The zero-order valence-electron chi connectivity index (χ0n) is 16.8. The molecular formula is C25H24O4. The van der Waals surface area contributed by atoms with Crippen molar-refractivity contribution in [3.63, 3.8) is 0 Å². The van der Waals surface area contributed by atoms with Crippen molar-refractivity contribution in [1.82, 2.24) is 0 Å². The second kappa shape index (κ2) is 7.51. The van der Waals surface area contributed by atoms with E-state index in [1.165, 1.54) is 13.8 Å². The highest BCUT2D eigenvalue weighted by molar-refractivity contribution is 6.14. The number of ketones is 4. The molecule has 0 aromatic heterocycles. The van der Waals surface area contributed by atoms with Gasteiger partial charge in [-0.1, -0.05) is 36.8 Å². The van der Waals surface area contributed by atoms with Gasteiger partial charge in [-0.25, -0.2) is 0 Å².